The van der Waals surface area contributed by atoms with E-state index in [1.807, 2.05) is 6.92 Å². The number of benzene rings is 2. The molecule has 0 atom stereocenters. The van der Waals surface area contributed by atoms with Crippen molar-refractivity contribution in [2.24, 2.45) is 10.1 Å². The van der Waals surface area contributed by atoms with E-state index in [0.717, 1.165) is 5.57 Å². The molecule has 0 aliphatic rings. The van der Waals surface area contributed by atoms with Crippen molar-refractivity contribution >= 4 is 17.6 Å². The van der Waals surface area contributed by atoms with Crippen LogP contribution < -0.4 is 4.80 Å². The molecule has 3 aromatic rings. The summed E-state index contributed by atoms with van der Waals surface area (Å²) in [5.41, 5.74) is 2.21. The zero-order valence-electron chi connectivity index (χ0n) is 14.2. The van der Waals surface area contributed by atoms with Crippen LogP contribution in [-0.4, -0.2) is 17.4 Å². The van der Waals surface area contributed by atoms with E-state index in [2.05, 4.69) is 16.7 Å². The van der Waals surface area contributed by atoms with E-state index in [9.17, 15) is 8.78 Å². The minimum Gasteiger partial charge on any atom is -0.253 e. The molecule has 2 aromatic carbocycles. The summed E-state index contributed by atoms with van der Waals surface area (Å²) in [6.45, 7) is 6.15. The third-order valence-corrected chi connectivity index (χ3v) is 4.39. The van der Waals surface area contributed by atoms with Crippen LogP contribution >= 0.6 is 11.3 Å². The molecule has 0 fully saturated rings. The lowest BCUT2D eigenvalue weighted by molar-refractivity contribution is 0.625. The number of rotatable bonds is 5. The Labute approximate surface area is 154 Å². The number of hydrogen-bond acceptors (Lipinski definition) is 3. The zero-order chi connectivity index (χ0) is 18.5. The molecule has 1 aromatic heterocycles. The Morgan fingerprint density at radius 2 is 1.81 bits per heavy atom. The summed E-state index contributed by atoms with van der Waals surface area (Å²) in [4.78, 5) is 5.05. The van der Waals surface area contributed by atoms with Crippen LogP contribution in [0, 0.1) is 11.6 Å². The molecule has 0 N–H and O–H groups in total. The summed E-state index contributed by atoms with van der Waals surface area (Å²) in [6, 6.07) is 12.8. The van der Waals surface area contributed by atoms with Crippen molar-refractivity contribution in [1.82, 2.24) is 4.68 Å². The number of halogens is 2. The van der Waals surface area contributed by atoms with Crippen molar-refractivity contribution in [2.75, 3.05) is 6.54 Å². The molecule has 0 aliphatic heterocycles. The number of thiazole rings is 1. The molecule has 0 aliphatic carbocycles. The van der Waals surface area contributed by atoms with E-state index in [0.29, 0.717) is 28.2 Å². The second-order valence-corrected chi connectivity index (χ2v) is 6.57. The minimum atomic E-state index is -0.375. The van der Waals surface area contributed by atoms with Gasteiger partial charge in [0.15, 0.2) is 0 Å². The highest BCUT2D eigenvalue weighted by molar-refractivity contribution is 7.07. The average Bonchev–Trinajstić information content (AvgIpc) is 3.02. The zero-order valence-corrected chi connectivity index (χ0v) is 15.0. The first-order valence-corrected chi connectivity index (χ1v) is 8.83. The summed E-state index contributed by atoms with van der Waals surface area (Å²) in [7, 11) is 0. The van der Waals surface area contributed by atoms with E-state index < -0.39 is 0 Å². The van der Waals surface area contributed by atoms with E-state index in [1.54, 1.807) is 41.8 Å². The number of nitrogens with zero attached hydrogens (tertiary/aromatic N) is 3. The predicted octanol–water partition coefficient (Wildman–Crippen LogP) is 4.85. The quantitative estimate of drug-likeness (QED) is 0.454. The summed E-state index contributed by atoms with van der Waals surface area (Å²) >= 11 is 1.34. The lowest BCUT2D eigenvalue weighted by Gasteiger charge is -2.05. The molecule has 0 saturated carbocycles. The molecule has 0 unspecified atom stereocenters. The predicted molar refractivity (Wildman–Crippen MR) is 102 cm³/mol. The second-order valence-electron chi connectivity index (χ2n) is 5.73. The second kappa shape index (κ2) is 8.01. The van der Waals surface area contributed by atoms with Crippen molar-refractivity contribution in [1.29, 1.82) is 0 Å². The van der Waals surface area contributed by atoms with Gasteiger partial charge in [0.2, 0.25) is 4.80 Å². The Kier molecular flexibility index (Phi) is 5.53. The fourth-order valence-electron chi connectivity index (χ4n) is 2.28. The van der Waals surface area contributed by atoms with Crippen LogP contribution in [0.4, 0.5) is 8.78 Å². The monoisotopic (exact) mass is 369 g/mol. The normalized spacial score (nSPS) is 12.0. The highest BCUT2D eigenvalue weighted by Crippen LogP contribution is 2.23. The average molecular weight is 369 g/mol. The molecule has 6 heteroatoms. The van der Waals surface area contributed by atoms with Crippen LogP contribution in [0.3, 0.4) is 0 Å². The fourth-order valence-corrected chi connectivity index (χ4v) is 3.10. The fraction of sp³-hybridized carbons (Fsp3) is 0.100. The van der Waals surface area contributed by atoms with Crippen molar-refractivity contribution in [2.45, 2.75) is 6.92 Å². The maximum absolute atomic E-state index is 14.2. The Bertz CT molecular complexity index is 1030. The highest BCUT2D eigenvalue weighted by Gasteiger charge is 2.11. The van der Waals surface area contributed by atoms with Crippen LogP contribution in [-0.2, 0) is 0 Å². The first-order chi connectivity index (χ1) is 12.6. The van der Waals surface area contributed by atoms with Crippen LogP contribution in [0.2, 0.25) is 0 Å². The lowest BCUT2D eigenvalue weighted by atomic mass is 10.1. The van der Waals surface area contributed by atoms with Gasteiger partial charge in [-0.15, -0.1) is 11.3 Å². The topological polar surface area (TPSA) is 29.6 Å². The molecule has 0 radical (unpaired) electrons. The van der Waals surface area contributed by atoms with E-state index in [-0.39, 0.29) is 11.6 Å². The Morgan fingerprint density at radius 3 is 2.50 bits per heavy atom. The van der Waals surface area contributed by atoms with Gasteiger partial charge < -0.3 is 0 Å². The largest absolute Gasteiger partial charge is 0.253 e. The molecule has 3 rings (SSSR count). The molecule has 0 spiro atoms. The molecule has 3 nitrogen and oxygen atoms in total. The van der Waals surface area contributed by atoms with Gasteiger partial charge in [0.25, 0.3) is 0 Å². The molecule has 132 valence electrons. The van der Waals surface area contributed by atoms with E-state index in [4.69, 9.17) is 0 Å². The van der Waals surface area contributed by atoms with E-state index >= 15 is 0 Å². The minimum absolute atomic E-state index is 0.344. The van der Waals surface area contributed by atoms with Crippen LogP contribution in [0.15, 0.2) is 76.2 Å². The van der Waals surface area contributed by atoms with Gasteiger partial charge in [0.05, 0.1) is 18.5 Å². The first kappa shape index (κ1) is 17.9. The van der Waals surface area contributed by atoms with Gasteiger partial charge in [0, 0.05) is 16.5 Å². The summed E-state index contributed by atoms with van der Waals surface area (Å²) in [5.74, 6) is -0.730. The van der Waals surface area contributed by atoms with Crippen LogP contribution in [0.25, 0.3) is 11.3 Å². The molecule has 0 bridgehead atoms. The standard InChI is InChI=1S/C20H17F2N3S/c1-14(2)11-23-20-25(24-12-15-7-3-5-9-17(15)21)19(13-26-20)16-8-4-6-10-18(16)22/h3-10,12-13H,1,11H2,2H3. The molecule has 0 saturated heterocycles. The maximum Gasteiger partial charge on any atom is 0.206 e. The summed E-state index contributed by atoms with van der Waals surface area (Å²) in [6.07, 6.45) is 1.41. The van der Waals surface area contributed by atoms with Gasteiger partial charge >= 0.3 is 0 Å². The van der Waals surface area contributed by atoms with Gasteiger partial charge in [-0.3, -0.25) is 4.99 Å². The van der Waals surface area contributed by atoms with Crippen molar-refractivity contribution < 1.29 is 8.78 Å². The third-order valence-electron chi connectivity index (χ3n) is 3.54. The summed E-state index contributed by atoms with van der Waals surface area (Å²) < 4.78 is 29.6. The molecule has 26 heavy (non-hydrogen) atoms. The van der Waals surface area contributed by atoms with Crippen LogP contribution in [0.5, 0.6) is 0 Å². The van der Waals surface area contributed by atoms with Crippen molar-refractivity contribution in [3.05, 3.63) is 88.1 Å². The van der Waals surface area contributed by atoms with Gasteiger partial charge in [-0.1, -0.05) is 42.5 Å². The Hall–Kier alpha value is -2.86. The van der Waals surface area contributed by atoms with Gasteiger partial charge in [0.1, 0.15) is 11.6 Å². The third kappa shape index (κ3) is 4.03. The number of hydrogen-bond donors (Lipinski definition) is 0. The van der Waals surface area contributed by atoms with Gasteiger partial charge in [-0.2, -0.15) is 5.10 Å². The lowest BCUT2D eigenvalue weighted by Crippen LogP contribution is -2.13. The maximum atomic E-state index is 14.2. The molecule has 1 heterocycles. The van der Waals surface area contributed by atoms with Crippen LogP contribution in [0.1, 0.15) is 12.5 Å². The molecule has 0 amide bonds. The Morgan fingerprint density at radius 1 is 1.12 bits per heavy atom. The van der Waals surface area contributed by atoms with Crippen molar-refractivity contribution in [3.63, 3.8) is 0 Å². The smallest absolute Gasteiger partial charge is 0.206 e. The number of aromatic nitrogens is 1. The first-order valence-electron chi connectivity index (χ1n) is 7.95. The molecular weight excluding hydrogens is 352 g/mol. The van der Waals surface area contributed by atoms with Gasteiger partial charge in [-0.05, 0) is 25.1 Å². The summed E-state index contributed by atoms with van der Waals surface area (Å²) in [5, 5.41) is 6.15. The van der Waals surface area contributed by atoms with E-state index in [1.165, 1.54) is 34.4 Å². The SMILES string of the molecule is C=C(C)CN=c1scc(-c2ccccc2F)n1N=Cc1ccccc1F. The van der Waals surface area contributed by atoms with Gasteiger partial charge in [-0.25, -0.2) is 13.5 Å². The Balaban J connectivity index is 2.12. The molecular formula is C20H17F2N3S. The van der Waals surface area contributed by atoms with Crippen molar-refractivity contribution in [3.8, 4) is 11.3 Å². The highest BCUT2D eigenvalue weighted by atomic mass is 32.1.